The van der Waals surface area contributed by atoms with E-state index in [0.717, 1.165) is 5.56 Å². The lowest BCUT2D eigenvalue weighted by atomic mass is 10.0. The van der Waals surface area contributed by atoms with Gasteiger partial charge in [-0.2, -0.15) is 0 Å². The molecule has 9 nitrogen and oxygen atoms in total. The Hall–Kier alpha value is -2.49. The third-order valence-electron chi connectivity index (χ3n) is 4.16. The number of hydrogen-bond acceptors (Lipinski definition) is 7. The minimum atomic E-state index is -1.63. The zero-order valence-corrected chi connectivity index (χ0v) is 17.8. The topological polar surface area (TPSA) is 140 Å². The van der Waals surface area contributed by atoms with Crippen molar-refractivity contribution in [3.05, 3.63) is 35.9 Å². The van der Waals surface area contributed by atoms with Crippen LogP contribution in [-0.2, 0) is 30.5 Å². The summed E-state index contributed by atoms with van der Waals surface area (Å²) in [5.74, 6) is -1.74. The van der Waals surface area contributed by atoms with Gasteiger partial charge in [-0.25, -0.2) is 0 Å². The molecule has 0 fully saturated rings. The predicted octanol–water partition coefficient (Wildman–Crippen LogP) is 0.102. The lowest BCUT2D eigenvalue weighted by molar-refractivity contribution is -0.145. The first-order chi connectivity index (χ1) is 14.2. The van der Waals surface area contributed by atoms with Crippen molar-refractivity contribution in [3.8, 4) is 0 Å². The number of amides is 2. The van der Waals surface area contributed by atoms with Gasteiger partial charge in [-0.05, 0) is 24.8 Å². The smallest absolute Gasteiger partial charge is 0.325 e. The maximum atomic E-state index is 12.4. The molecular formula is C21H33N3O6. The number of esters is 1. The Kier molecular flexibility index (Phi) is 11.7. The van der Waals surface area contributed by atoms with Crippen molar-refractivity contribution in [3.63, 3.8) is 0 Å². The van der Waals surface area contributed by atoms with E-state index in [1.54, 1.807) is 6.92 Å². The average molecular weight is 424 g/mol. The highest BCUT2D eigenvalue weighted by molar-refractivity contribution is 5.87. The van der Waals surface area contributed by atoms with Crippen LogP contribution in [0.25, 0.3) is 0 Å². The highest BCUT2D eigenvalue weighted by atomic mass is 16.5. The predicted molar refractivity (Wildman–Crippen MR) is 111 cm³/mol. The van der Waals surface area contributed by atoms with E-state index in [-0.39, 0.29) is 32.3 Å². The van der Waals surface area contributed by atoms with Gasteiger partial charge in [0.25, 0.3) is 5.91 Å². The number of benzene rings is 1. The molecule has 5 N–H and O–H groups in total. The van der Waals surface area contributed by atoms with Crippen LogP contribution in [-0.4, -0.2) is 60.8 Å². The van der Waals surface area contributed by atoms with E-state index in [2.05, 4.69) is 10.6 Å². The normalized spacial score (nSPS) is 13.9. The van der Waals surface area contributed by atoms with Crippen molar-refractivity contribution >= 4 is 17.8 Å². The van der Waals surface area contributed by atoms with E-state index in [0.29, 0.717) is 6.42 Å². The van der Waals surface area contributed by atoms with Crippen molar-refractivity contribution in [2.24, 2.45) is 11.7 Å². The first-order valence-electron chi connectivity index (χ1n) is 10.0. The van der Waals surface area contributed by atoms with Crippen LogP contribution >= 0.6 is 0 Å². The number of carbonyl (C=O) groups is 3. The summed E-state index contributed by atoms with van der Waals surface area (Å²) in [5.41, 5.74) is 6.80. The van der Waals surface area contributed by atoms with E-state index >= 15 is 0 Å². The molecule has 0 aliphatic heterocycles. The van der Waals surface area contributed by atoms with Crippen LogP contribution in [0.3, 0.4) is 0 Å². The molecule has 0 heterocycles. The fourth-order valence-corrected chi connectivity index (χ4v) is 2.65. The molecule has 1 aromatic carbocycles. The summed E-state index contributed by atoms with van der Waals surface area (Å²) in [4.78, 5) is 36.0. The summed E-state index contributed by atoms with van der Waals surface area (Å²) in [6, 6.07) is 7.52. The van der Waals surface area contributed by atoms with E-state index in [1.807, 2.05) is 44.2 Å². The molecule has 9 heteroatoms. The van der Waals surface area contributed by atoms with E-state index in [4.69, 9.17) is 15.2 Å². The van der Waals surface area contributed by atoms with Crippen LogP contribution in [0.4, 0.5) is 0 Å². The summed E-state index contributed by atoms with van der Waals surface area (Å²) in [7, 11) is 0. The van der Waals surface area contributed by atoms with Crippen molar-refractivity contribution in [2.75, 3.05) is 19.8 Å². The Morgan fingerprint density at radius 3 is 2.40 bits per heavy atom. The first kappa shape index (κ1) is 25.5. The fraction of sp³-hybridized carbons (Fsp3) is 0.571. The minimum Gasteiger partial charge on any atom is -0.465 e. The van der Waals surface area contributed by atoms with Crippen LogP contribution in [0.1, 0.15) is 32.8 Å². The number of carbonyl (C=O) groups excluding carboxylic acids is 3. The molecule has 3 unspecified atom stereocenters. The second kappa shape index (κ2) is 13.7. The number of aliphatic hydroxyl groups is 1. The number of rotatable bonds is 13. The van der Waals surface area contributed by atoms with Gasteiger partial charge in [0.05, 0.1) is 31.9 Å². The zero-order chi connectivity index (χ0) is 22.5. The molecule has 0 aromatic heterocycles. The first-order valence-corrected chi connectivity index (χ1v) is 10.0. The second-order valence-electron chi connectivity index (χ2n) is 7.32. The monoisotopic (exact) mass is 423 g/mol. The number of nitrogens with one attached hydrogen (secondary N) is 2. The van der Waals surface area contributed by atoms with Gasteiger partial charge in [-0.1, -0.05) is 44.2 Å². The van der Waals surface area contributed by atoms with Gasteiger partial charge in [0.2, 0.25) is 5.91 Å². The molecule has 168 valence electrons. The largest absolute Gasteiger partial charge is 0.465 e. The van der Waals surface area contributed by atoms with Crippen LogP contribution in [0.5, 0.6) is 0 Å². The highest BCUT2D eigenvalue weighted by Crippen LogP contribution is 2.06. The van der Waals surface area contributed by atoms with Crippen LogP contribution in [0.15, 0.2) is 30.3 Å². The third kappa shape index (κ3) is 9.82. The molecule has 0 spiro atoms. The standard InChI is InChI=1S/C21H33N3O6/c1-4-30-18(25)11-23-21(28)19(26)17(24-20(27)16(22)10-14(2)3)13-29-12-15-8-6-5-7-9-15/h5-9,14,16-17,19,26H,4,10-13,22H2,1-3H3,(H,23,28)(H,24,27). The van der Waals surface area contributed by atoms with Gasteiger partial charge in [-0.3, -0.25) is 14.4 Å². The zero-order valence-electron chi connectivity index (χ0n) is 17.8. The van der Waals surface area contributed by atoms with E-state index < -0.39 is 36.0 Å². The lowest BCUT2D eigenvalue weighted by Crippen LogP contribution is -2.56. The van der Waals surface area contributed by atoms with E-state index in [9.17, 15) is 19.5 Å². The third-order valence-corrected chi connectivity index (χ3v) is 4.16. The maximum Gasteiger partial charge on any atom is 0.325 e. The molecule has 30 heavy (non-hydrogen) atoms. The van der Waals surface area contributed by atoms with Crippen molar-refractivity contribution in [2.45, 2.75) is 52.0 Å². The van der Waals surface area contributed by atoms with E-state index in [1.165, 1.54) is 0 Å². The Morgan fingerprint density at radius 1 is 1.13 bits per heavy atom. The lowest BCUT2D eigenvalue weighted by Gasteiger charge is -2.25. The number of aliphatic hydroxyl groups excluding tert-OH is 1. The number of nitrogens with two attached hydrogens (primary N) is 1. The molecule has 2 amide bonds. The molecule has 0 bridgehead atoms. The number of ether oxygens (including phenoxy) is 2. The van der Waals surface area contributed by atoms with Crippen LogP contribution < -0.4 is 16.4 Å². The van der Waals surface area contributed by atoms with Gasteiger partial charge < -0.3 is 30.9 Å². The molecule has 0 radical (unpaired) electrons. The molecule has 0 aliphatic carbocycles. The van der Waals surface area contributed by atoms with Gasteiger partial charge >= 0.3 is 5.97 Å². The molecule has 1 rings (SSSR count). The summed E-state index contributed by atoms with van der Waals surface area (Å²) in [6.07, 6.45) is -1.18. The minimum absolute atomic E-state index is 0.122. The molecule has 0 aliphatic rings. The van der Waals surface area contributed by atoms with Crippen molar-refractivity contribution < 1.29 is 29.0 Å². The second-order valence-corrected chi connectivity index (χ2v) is 7.32. The Morgan fingerprint density at radius 2 is 1.80 bits per heavy atom. The molecule has 0 saturated heterocycles. The molecule has 3 atom stereocenters. The average Bonchev–Trinajstić information content (AvgIpc) is 2.71. The summed E-state index contributed by atoms with van der Waals surface area (Å²) >= 11 is 0. The molecule has 0 saturated carbocycles. The van der Waals surface area contributed by atoms with Gasteiger partial charge in [-0.15, -0.1) is 0 Å². The van der Waals surface area contributed by atoms with Crippen molar-refractivity contribution in [1.29, 1.82) is 0 Å². The quantitative estimate of drug-likeness (QED) is 0.330. The Balaban J connectivity index is 2.72. The molecular weight excluding hydrogens is 390 g/mol. The van der Waals surface area contributed by atoms with Gasteiger partial charge in [0.15, 0.2) is 6.10 Å². The van der Waals surface area contributed by atoms with Crippen LogP contribution in [0, 0.1) is 5.92 Å². The Labute approximate surface area is 177 Å². The number of hydrogen-bond donors (Lipinski definition) is 4. The van der Waals surface area contributed by atoms with Crippen LogP contribution in [0.2, 0.25) is 0 Å². The van der Waals surface area contributed by atoms with Crippen molar-refractivity contribution in [1.82, 2.24) is 10.6 Å². The summed E-state index contributed by atoms with van der Waals surface area (Å²) in [6.45, 7) is 5.42. The summed E-state index contributed by atoms with van der Waals surface area (Å²) in [5, 5.41) is 15.3. The molecule has 1 aromatic rings. The SMILES string of the molecule is CCOC(=O)CNC(=O)C(O)C(COCc1ccccc1)NC(=O)C(N)CC(C)C. The fourth-order valence-electron chi connectivity index (χ4n) is 2.65. The van der Waals surface area contributed by atoms with Gasteiger partial charge in [0.1, 0.15) is 6.54 Å². The Bertz CT molecular complexity index is 668. The highest BCUT2D eigenvalue weighted by Gasteiger charge is 2.30. The van der Waals surface area contributed by atoms with Gasteiger partial charge in [0, 0.05) is 0 Å². The maximum absolute atomic E-state index is 12.4. The summed E-state index contributed by atoms with van der Waals surface area (Å²) < 4.78 is 10.3.